The van der Waals surface area contributed by atoms with Crippen molar-refractivity contribution in [2.24, 2.45) is 5.92 Å². The van der Waals surface area contributed by atoms with Gasteiger partial charge in [-0.25, -0.2) is 13.1 Å². The van der Waals surface area contributed by atoms with Crippen LogP contribution in [0.4, 0.5) is 0 Å². The molecule has 0 amide bonds. The smallest absolute Gasteiger partial charge is 0.234 e. The van der Waals surface area contributed by atoms with Gasteiger partial charge in [-0.15, -0.1) is 0 Å². The fourth-order valence-electron chi connectivity index (χ4n) is 4.61. The highest BCUT2D eigenvalue weighted by Crippen LogP contribution is 2.28. The van der Waals surface area contributed by atoms with Gasteiger partial charge >= 0.3 is 0 Å². The summed E-state index contributed by atoms with van der Waals surface area (Å²) in [7, 11) is -3.58. The first-order valence-corrected chi connectivity index (χ1v) is 14.1. The second kappa shape index (κ2) is 9.90. The van der Waals surface area contributed by atoms with Gasteiger partial charge in [-0.3, -0.25) is 4.68 Å². The van der Waals surface area contributed by atoms with E-state index in [2.05, 4.69) is 4.72 Å². The highest BCUT2D eigenvalue weighted by Gasteiger charge is 2.27. The van der Waals surface area contributed by atoms with Crippen molar-refractivity contribution < 1.29 is 13.0 Å². The zero-order chi connectivity index (χ0) is 21.8. The van der Waals surface area contributed by atoms with Crippen molar-refractivity contribution in [2.75, 3.05) is 5.75 Å². The zero-order valence-corrected chi connectivity index (χ0v) is 19.6. The van der Waals surface area contributed by atoms with Crippen LogP contribution in [0.25, 0.3) is 6.08 Å². The number of hydrogen-bond donors (Lipinski definition) is 1. The van der Waals surface area contributed by atoms with Crippen molar-refractivity contribution in [3.8, 4) is 0 Å². The number of aryl methyl sites for hydroxylation is 1. The number of sulfonamides is 1. The average molecular weight is 462 g/mol. The van der Waals surface area contributed by atoms with Crippen LogP contribution in [0.5, 0.6) is 0 Å². The summed E-state index contributed by atoms with van der Waals surface area (Å²) in [6.07, 6.45) is 8.05. The zero-order valence-electron chi connectivity index (χ0n) is 18.0. The predicted octanol–water partition coefficient (Wildman–Crippen LogP) is 3.60. The maximum atomic E-state index is 12.8. The summed E-state index contributed by atoms with van der Waals surface area (Å²) in [6, 6.07) is 9.89. The van der Waals surface area contributed by atoms with Gasteiger partial charge in [0.15, 0.2) is 0 Å². The van der Waals surface area contributed by atoms with Crippen LogP contribution in [0, 0.1) is 5.92 Å². The minimum atomic E-state index is -3.58. The maximum absolute atomic E-state index is 12.8. The van der Waals surface area contributed by atoms with Crippen LogP contribution in [0.1, 0.15) is 61.5 Å². The number of aromatic nitrogens is 2. The minimum Gasteiger partial charge on any atom is -0.616 e. The van der Waals surface area contributed by atoms with Gasteiger partial charge in [0.2, 0.25) is 10.0 Å². The molecule has 2 aromatic rings. The lowest BCUT2D eigenvalue weighted by Gasteiger charge is -2.27. The number of benzene rings is 1. The molecule has 0 saturated heterocycles. The molecule has 31 heavy (non-hydrogen) atoms. The van der Waals surface area contributed by atoms with Gasteiger partial charge in [-0.05, 0) is 48.5 Å². The highest BCUT2D eigenvalue weighted by molar-refractivity contribution is 7.92. The topological polar surface area (TPSA) is 87.0 Å². The van der Waals surface area contributed by atoms with Gasteiger partial charge in [-0.1, -0.05) is 49.6 Å². The van der Waals surface area contributed by atoms with E-state index in [4.69, 9.17) is 5.10 Å². The van der Waals surface area contributed by atoms with Gasteiger partial charge in [0.25, 0.3) is 0 Å². The molecule has 1 aliphatic carbocycles. The third kappa shape index (κ3) is 5.80. The molecule has 0 radical (unpaired) electrons. The molecule has 1 aromatic carbocycles. The summed E-state index contributed by atoms with van der Waals surface area (Å²) >= 11 is -0.935. The molecule has 1 N–H and O–H groups in total. The van der Waals surface area contributed by atoms with E-state index in [0.29, 0.717) is 30.4 Å². The van der Waals surface area contributed by atoms with Crippen molar-refractivity contribution in [1.29, 1.82) is 0 Å². The Morgan fingerprint density at radius 1 is 1.26 bits per heavy atom. The van der Waals surface area contributed by atoms with Crippen molar-refractivity contribution in [3.63, 3.8) is 0 Å². The van der Waals surface area contributed by atoms with Crippen LogP contribution in [-0.2, 0) is 39.9 Å². The average Bonchev–Trinajstić information content (AvgIpc) is 3.09. The molecule has 4 rings (SSSR count). The van der Waals surface area contributed by atoms with E-state index >= 15 is 0 Å². The number of fused-ring (bicyclic) bond motifs is 1. The second-order valence-electron chi connectivity index (χ2n) is 8.64. The van der Waals surface area contributed by atoms with E-state index < -0.39 is 21.2 Å². The Morgan fingerprint density at radius 3 is 2.74 bits per heavy atom. The Morgan fingerprint density at radius 2 is 2.00 bits per heavy atom. The molecule has 2 heterocycles. The Bertz CT molecular complexity index is 1010. The molecule has 0 spiro atoms. The van der Waals surface area contributed by atoms with Crippen LogP contribution in [0.2, 0.25) is 0 Å². The Labute approximate surface area is 188 Å². The molecule has 6 nitrogen and oxygen atoms in total. The quantitative estimate of drug-likeness (QED) is 0.638. The first kappa shape index (κ1) is 22.6. The van der Waals surface area contributed by atoms with Crippen molar-refractivity contribution in [1.82, 2.24) is 14.5 Å². The van der Waals surface area contributed by atoms with E-state index in [1.807, 2.05) is 41.9 Å². The number of nitrogens with zero attached hydrogens (tertiary/aromatic N) is 2. The van der Waals surface area contributed by atoms with Crippen molar-refractivity contribution in [3.05, 3.63) is 58.3 Å². The lowest BCUT2D eigenvalue weighted by Crippen LogP contribution is -2.37. The molecular formula is C23H31N3O3S2. The molecular weight excluding hydrogens is 430 g/mol. The van der Waals surface area contributed by atoms with E-state index in [1.165, 1.54) is 24.7 Å². The molecule has 2 atom stereocenters. The summed E-state index contributed by atoms with van der Waals surface area (Å²) in [5.74, 6) is 1.43. The van der Waals surface area contributed by atoms with Crippen molar-refractivity contribution in [2.45, 2.75) is 63.8 Å². The Balaban J connectivity index is 1.57. The van der Waals surface area contributed by atoms with Crippen molar-refractivity contribution >= 4 is 27.3 Å². The van der Waals surface area contributed by atoms with Crippen LogP contribution in [0.15, 0.2) is 35.7 Å². The fourth-order valence-corrected chi connectivity index (χ4v) is 6.91. The molecule has 1 fully saturated rings. The number of hydrogen-bond acceptors (Lipinski definition) is 4. The number of nitrogens with one attached hydrogen (secondary N) is 1. The molecule has 1 saturated carbocycles. The Hall–Kier alpha value is -1.61. The molecule has 1 aromatic heterocycles. The van der Waals surface area contributed by atoms with E-state index in [-0.39, 0.29) is 6.04 Å². The first-order chi connectivity index (χ1) is 14.9. The van der Waals surface area contributed by atoms with Crippen LogP contribution < -0.4 is 4.72 Å². The standard InChI is InChI=1S/C23H31N3O3S2/c1-18(20-10-6-3-7-11-20)25-31(28,29)15-13-23-21-17-30(27)14-12-22(21)24-26(23)16-19-8-4-2-5-9-19/h2,4-5,8-9,13,15,18,20,25H,3,6-7,10-12,14,16-17H2,1H3/b15-13+. The SMILES string of the molecule is CC(NS(=O)(=O)/C=C/c1c2c(nn1Cc1ccccc1)CC[S+]([O-])C2)C1CCCCC1. The normalized spacial score (nSPS) is 21.3. The lowest BCUT2D eigenvalue weighted by atomic mass is 9.85. The van der Waals surface area contributed by atoms with Gasteiger partial charge in [-0.2, -0.15) is 5.10 Å². The van der Waals surface area contributed by atoms with Crippen LogP contribution >= 0.6 is 0 Å². The maximum Gasteiger partial charge on any atom is 0.234 e. The molecule has 0 bridgehead atoms. The third-order valence-electron chi connectivity index (χ3n) is 6.34. The third-order valence-corrected chi connectivity index (χ3v) is 8.80. The molecule has 2 aliphatic rings. The highest BCUT2D eigenvalue weighted by atomic mass is 32.2. The van der Waals surface area contributed by atoms with E-state index in [9.17, 15) is 13.0 Å². The monoisotopic (exact) mass is 461 g/mol. The van der Waals surface area contributed by atoms with Gasteiger partial charge in [0.05, 0.1) is 17.9 Å². The molecule has 168 valence electrons. The second-order valence-corrected chi connectivity index (χ2v) is 11.8. The van der Waals surface area contributed by atoms with E-state index in [1.54, 1.807) is 6.08 Å². The van der Waals surface area contributed by atoms with Gasteiger partial charge in [0, 0.05) is 23.4 Å². The number of rotatable bonds is 7. The van der Waals surface area contributed by atoms with E-state index in [0.717, 1.165) is 35.4 Å². The largest absolute Gasteiger partial charge is 0.616 e. The summed E-state index contributed by atoms with van der Waals surface area (Å²) in [5, 5.41) is 5.98. The summed E-state index contributed by atoms with van der Waals surface area (Å²) in [4.78, 5) is 0. The molecule has 2 unspecified atom stereocenters. The van der Waals surface area contributed by atoms with Crippen LogP contribution in [-0.4, -0.2) is 34.5 Å². The fraction of sp³-hybridized carbons (Fsp3) is 0.522. The van der Waals surface area contributed by atoms with Gasteiger partial charge < -0.3 is 4.55 Å². The minimum absolute atomic E-state index is 0.0781. The Kier molecular flexibility index (Phi) is 7.21. The predicted molar refractivity (Wildman–Crippen MR) is 125 cm³/mol. The summed E-state index contributed by atoms with van der Waals surface area (Å²) in [6.45, 7) is 2.51. The lowest BCUT2D eigenvalue weighted by molar-refractivity contribution is 0.303. The molecule has 1 aliphatic heterocycles. The first-order valence-electron chi connectivity index (χ1n) is 11.1. The summed E-state index contributed by atoms with van der Waals surface area (Å²) < 4.78 is 42.5. The van der Waals surface area contributed by atoms with Crippen LogP contribution in [0.3, 0.4) is 0 Å². The summed E-state index contributed by atoms with van der Waals surface area (Å²) in [5.41, 5.74) is 3.66. The molecule has 8 heteroatoms. The van der Waals surface area contributed by atoms with Gasteiger partial charge in [0.1, 0.15) is 11.5 Å².